The number of rotatable bonds is 9. The van der Waals surface area contributed by atoms with Crippen molar-refractivity contribution in [3.05, 3.63) is 128 Å². The van der Waals surface area contributed by atoms with E-state index in [1.54, 1.807) is 36.4 Å². The Labute approximate surface area is 264 Å². The molecule has 8 heteroatoms. The van der Waals surface area contributed by atoms with E-state index in [1.807, 2.05) is 81.4 Å². The average Bonchev–Trinajstić information content (AvgIpc) is 2.97. The maximum absolute atomic E-state index is 13.7. The number of hydrogen-bond donors (Lipinski definition) is 0. The molecule has 0 aromatic heterocycles. The number of esters is 2. The van der Waals surface area contributed by atoms with Crippen LogP contribution in [0.5, 0.6) is 11.5 Å². The molecule has 0 spiro atoms. The smallest absolute Gasteiger partial charge is 0.339 e. The predicted molar refractivity (Wildman–Crippen MR) is 174 cm³/mol. The first-order valence-corrected chi connectivity index (χ1v) is 14.8. The number of carbonyl (C=O) groups excluding carboxylic acids is 2. The number of carbonyl (C=O) groups is 2. The number of aliphatic imine (C=N–C) groups is 1. The third-order valence-electron chi connectivity index (χ3n) is 6.05. The molecule has 0 saturated heterocycles. The first-order valence-electron chi connectivity index (χ1n) is 13.3. The van der Waals surface area contributed by atoms with Gasteiger partial charge in [-0.05, 0) is 85.3 Å². The highest BCUT2D eigenvalue weighted by Gasteiger charge is 2.28. The fourth-order valence-electron chi connectivity index (χ4n) is 4.18. The maximum Gasteiger partial charge on any atom is 0.339 e. The van der Waals surface area contributed by atoms with Gasteiger partial charge >= 0.3 is 11.9 Å². The molecule has 0 N–H and O–H groups in total. The summed E-state index contributed by atoms with van der Waals surface area (Å²) in [5, 5.41) is 0.576. The van der Waals surface area contributed by atoms with Crippen molar-refractivity contribution >= 4 is 51.8 Å². The van der Waals surface area contributed by atoms with Gasteiger partial charge in [0.15, 0.2) is 6.04 Å². The highest BCUT2D eigenvalue weighted by atomic mass is 127. The van der Waals surface area contributed by atoms with Gasteiger partial charge in [0.2, 0.25) is 0 Å². The van der Waals surface area contributed by atoms with Gasteiger partial charge in [-0.25, -0.2) is 9.59 Å². The second-order valence-electron chi connectivity index (χ2n) is 10.5. The Morgan fingerprint density at radius 2 is 1.43 bits per heavy atom. The summed E-state index contributed by atoms with van der Waals surface area (Å²) in [5.74, 6) is -0.0500. The fraction of sp³-hybridized carbons (Fsp3) is 0.206. The molecule has 0 aliphatic carbocycles. The highest BCUT2D eigenvalue weighted by molar-refractivity contribution is 14.1. The van der Waals surface area contributed by atoms with Gasteiger partial charge in [-0.1, -0.05) is 72.3 Å². The van der Waals surface area contributed by atoms with Crippen molar-refractivity contribution in [1.29, 1.82) is 0 Å². The summed E-state index contributed by atoms with van der Waals surface area (Å²) in [4.78, 5) is 31.5. The maximum atomic E-state index is 13.7. The van der Waals surface area contributed by atoms with Crippen LogP contribution in [0.3, 0.4) is 0 Å². The summed E-state index contributed by atoms with van der Waals surface area (Å²) in [6, 6.07) is 28.8. The zero-order valence-corrected chi connectivity index (χ0v) is 26.7. The standard InChI is InChI=1S/C34H31ClINO5/c1-34(2,3)42-33(39)29(37-31(22-11-7-5-8-12-22)23-13-9-6-10-14-23)20-24-19-27(21-28(30(24)36)32(38)40-4)41-26-17-15-25(35)16-18-26/h5-19,21,29H,20H2,1-4H3. The first-order chi connectivity index (χ1) is 20.0. The molecule has 42 heavy (non-hydrogen) atoms. The molecular formula is C34H31ClINO5. The van der Waals surface area contributed by atoms with Gasteiger partial charge in [0, 0.05) is 26.1 Å². The first kappa shape index (κ1) is 31.3. The van der Waals surface area contributed by atoms with Gasteiger partial charge in [-0.15, -0.1) is 0 Å². The summed E-state index contributed by atoms with van der Waals surface area (Å²) < 4.78 is 17.6. The predicted octanol–water partition coefficient (Wildman–Crippen LogP) is 8.31. The van der Waals surface area contributed by atoms with E-state index in [0.29, 0.717) is 36.9 Å². The largest absolute Gasteiger partial charge is 0.465 e. The minimum atomic E-state index is -0.926. The zero-order chi connectivity index (χ0) is 30.3. The van der Waals surface area contributed by atoms with Crippen LogP contribution in [0.25, 0.3) is 0 Å². The minimum absolute atomic E-state index is 0.151. The number of benzene rings is 4. The molecule has 6 nitrogen and oxygen atoms in total. The molecule has 4 aromatic carbocycles. The Kier molecular flexibility index (Phi) is 10.4. The molecule has 0 fully saturated rings. The van der Waals surface area contributed by atoms with Gasteiger partial charge in [0.1, 0.15) is 17.1 Å². The number of ether oxygens (including phenoxy) is 3. The van der Waals surface area contributed by atoms with Crippen molar-refractivity contribution in [2.75, 3.05) is 7.11 Å². The normalized spacial score (nSPS) is 11.8. The Bertz CT molecular complexity index is 1520. The molecule has 4 rings (SSSR count). The van der Waals surface area contributed by atoms with Crippen LogP contribution >= 0.6 is 34.2 Å². The van der Waals surface area contributed by atoms with Gasteiger partial charge in [0.05, 0.1) is 18.4 Å². The molecule has 0 aliphatic rings. The van der Waals surface area contributed by atoms with Crippen molar-refractivity contribution in [3.8, 4) is 11.5 Å². The molecular weight excluding hydrogens is 665 g/mol. The molecule has 0 radical (unpaired) electrons. The van der Waals surface area contributed by atoms with Crippen LogP contribution < -0.4 is 4.74 Å². The van der Waals surface area contributed by atoms with Crippen LogP contribution in [-0.4, -0.2) is 36.4 Å². The summed E-state index contributed by atoms with van der Waals surface area (Å²) in [6.45, 7) is 5.46. The lowest BCUT2D eigenvalue weighted by molar-refractivity contribution is -0.156. The Morgan fingerprint density at radius 3 is 1.95 bits per heavy atom. The lowest BCUT2D eigenvalue weighted by Gasteiger charge is -2.24. The Morgan fingerprint density at radius 1 is 0.857 bits per heavy atom. The second kappa shape index (κ2) is 14.0. The molecule has 1 atom stereocenters. The van der Waals surface area contributed by atoms with Crippen LogP contribution in [0.2, 0.25) is 5.02 Å². The molecule has 0 amide bonds. The van der Waals surface area contributed by atoms with E-state index in [0.717, 1.165) is 11.1 Å². The summed E-state index contributed by atoms with van der Waals surface area (Å²) in [7, 11) is 1.32. The van der Waals surface area contributed by atoms with E-state index in [-0.39, 0.29) is 6.42 Å². The SMILES string of the molecule is COC(=O)c1cc(Oc2ccc(Cl)cc2)cc(CC(N=C(c2ccccc2)c2ccccc2)C(=O)OC(C)(C)C)c1I. The monoisotopic (exact) mass is 695 g/mol. The van der Waals surface area contributed by atoms with Crippen LogP contribution in [0, 0.1) is 3.57 Å². The topological polar surface area (TPSA) is 74.2 Å². The molecule has 4 aromatic rings. The average molecular weight is 696 g/mol. The van der Waals surface area contributed by atoms with Crippen molar-refractivity contribution < 1.29 is 23.8 Å². The van der Waals surface area contributed by atoms with Crippen LogP contribution in [0.15, 0.2) is 102 Å². The van der Waals surface area contributed by atoms with Crippen molar-refractivity contribution in [3.63, 3.8) is 0 Å². The lowest BCUT2D eigenvalue weighted by Crippen LogP contribution is -2.33. The van der Waals surface area contributed by atoms with Crippen LogP contribution in [-0.2, 0) is 20.7 Å². The van der Waals surface area contributed by atoms with Crippen molar-refractivity contribution in [2.45, 2.75) is 38.8 Å². The molecule has 0 bridgehead atoms. The summed E-state index contributed by atoms with van der Waals surface area (Å²) in [6.07, 6.45) is 0.151. The van der Waals surface area contributed by atoms with Crippen LogP contribution in [0.4, 0.5) is 0 Å². The zero-order valence-electron chi connectivity index (χ0n) is 23.8. The third-order valence-corrected chi connectivity index (χ3v) is 7.57. The Hall–Kier alpha value is -3.69. The number of methoxy groups -OCH3 is 1. The third kappa shape index (κ3) is 8.42. The van der Waals surface area contributed by atoms with Gasteiger partial charge in [-0.2, -0.15) is 0 Å². The summed E-state index contributed by atoms with van der Waals surface area (Å²) >= 11 is 8.13. The molecule has 0 aliphatic heterocycles. The van der Waals surface area contributed by atoms with E-state index < -0.39 is 23.6 Å². The minimum Gasteiger partial charge on any atom is -0.465 e. The van der Waals surface area contributed by atoms with Crippen LogP contribution in [0.1, 0.15) is 47.8 Å². The van der Waals surface area contributed by atoms with E-state index in [4.69, 9.17) is 30.8 Å². The molecule has 0 heterocycles. The van der Waals surface area contributed by atoms with E-state index in [2.05, 4.69) is 22.6 Å². The van der Waals surface area contributed by atoms with Gasteiger partial charge in [0.25, 0.3) is 0 Å². The quantitative estimate of drug-likeness (QED) is 0.100. The van der Waals surface area contributed by atoms with E-state index >= 15 is 0 Å². The second-order valence-corrected chi connectivity index (χ2v) is 12.0. The summed E-state index contributed by atoms with van der Waals surface area (Å²) in [5.41, 5.74) is 2.65. The molecule has 0 saturated carbocycles. The fourth-order valence-corrected chi connectivity index (χ4v) is 5.06. The number of hydrogen-bond acceptors (Lipinski definition) is 6. The van der Waals surface area contributed by atoms with Crippen molar-refractivity contribution in [2.24, 2.45) is 4.99 Å². The van der Waals surface area contributed by atoms with E-state index in [9.17, 15) is 9.59 Å². The van der Waals surface area contributed by atoms with E-state index in [1.165, 1.54) is 7.11 Å². The van der Waals surface area contributed by atoms with Gasteiger partial charge in [-0.3, -0.25) is 4.99 Å². The van der Waals surface area contributed by atoms with Gasteiger partial charge < -0.3 is 14.2 Å². The highest BCUT2D eigenvalue weighted by Crippen LogP contribution is 2.31. The number of nitrogens with zero attached hydrogens (tertiary/aromatic N) is 1. The Balaban J connectivity index is 1.84. The molecule has 216 valence electrons. The number of halogens is 2. The molecule has 1 unspecified atom stereocenters. The lowest BCUT2D eigenvalue weighted by atomic mass is 9.99. The van der Waals surface area contributed by atoms with Crippen molar-refractivity contribution in [1.82, 2.24) is 0 Å².